The second-order valence-electron chi connectivity index (χ2n) is 8.44. The maximum Gasteiger partial charge on any atom is 0.412 e. The molecule has 0 unspecified atom stereocenters. The Kier molecular flexibility index (Phi) is 9.78. The monoisotopic (exact) mass is 441 g/mol. The molecule has 2 rings (SSSR count). The molecule has 3 N–H and O–H groups in total. The maximum atomic E-state index is 11.8. The predicted molar refractivity (Wildman–Crippen MR) is 129 cm³/mol. The molecule has 1 aromatic heterocycles. The lowest BCUT2D eigenvalue weighted by Crippen LogP contribution is -2.38. The molecule has 0 atom stereocenters. The minimum Gasteiger partial charge on any atom is -0.444 e. The van der Waals surface area contributed by atoms with Crippen molar-refractivity contribution in [3.63, 3.8) is 0 Å². The van der Waals surface area contributed by atoms with Crippen LogP contribution in [0.5, 0.6) is 0 Å². The topological polar surface area (TPSA) is 96.8 Å². The van der Waals surface area contributed by atoms with Crippen LogP contribution in [0.15, 0.2) is 58.4 Å². The van der Waals surface area contributed by atoms with Gasteiger partial charge >= 0.3 is 6.09 Å². The lowest BCUT2D eigenvalue weighted by Gasteiger charge is -2.19. The average Bonchev–Trinajstić information content (AvgIpc) is 2.73. The first kappa shape index (κ1) is 25.0. The number of aliphatic imine (C=N–C) groups is 1. The van der Waals surface area contributed by atoms with Gasteiger partial charge in [0.25, 0.3) is 0 Å². The molecule has 1 heterocycles. The Hall–Kier alpha value is -3.29. The molecule has 0 fully saturated rings. The van der Waals surface area contributed by atoms with Gasteiger partial charge in [-0.1, -0.05) is 18.2 Å². The summed E-state index contributed by atoms with van der Waals surface area (Å²) >= 11 is 0. The van der Waals surface area contributed by atoms with Gasteiger partial charge in [-0.15, -0.1) is 0 Å². The summed E-state index contributed by atoms with van der Waals surface area (Å²) < 4.78 is 6.98. The highest BCUT2D eigenvalue weighted by atomic mass is 16.6. The van der Waals surface area contributed by atoms with Gasteiger partial charge in [0, 0.05) is 44.6 Å². The highest BCUT2D eigenvalue weighted by molar-refractivity contribution is 5.84. The fourth-order valence-electron chi connectivity index (χ4n) is 2.98. The van der Waals surface area contributed by atoms with Crippen molar-refractivity contribution in [1.29, 1.82) is 0 Å². The van der Waals surface area contributed by atoms with E-state index in [1.807, 2.05) is 57.3 Å². The molecule has 174 valence electrons. The first-order valence-electron chi connectivity index (χ1n) is 11.0. The normalized spacial score (nSPS) is 11.7. The molecule has 0 bridgehead atoms. The lowest BCUT2D eigenvalue weighted by molar-refractivity contribution is 0.0636. The molecule has 32 heavy (non-hydrogen) atoms. The van der Waals surface area contributed by atoms with Crippen LogP contribution in [0.3, 0.4) is 0 Å². The van der Waals surface area contributed by atoms with Crippen molar-refractivity contribution in [2.24, 2.45) is 4.99 Å². The molecule has 8 heteroatoms. The van der Waals surface area contributed by atoms with E-state index < -0.39 is 11.7 Å². The van der Waals surface area contributed by atoms with Crippen LogP contribution in [0.25, 0.3) is 0 Å². The molecule has 2 aromatic rings. The van der Waals surface area contributed by atoms with E-state index in [-0.39, 0.29) is 5.56 Å². The van der Waals surface area contributed by atoms with Gasteiger partial charge in [-0.25, -0.2) is 4.79 Å². The third-order valence-corrected chi connectivity index (χ3v) is 4.55. The van der Waals surface area contributed by atoms with Crippen LogP contribution in [-0.4, -0.2) is 42.4 Å². The molecule has 8 nitrogen and oxygen atoms in total. The third-order valence-electron chi connectivity index (χ3n) is 4.55. The summed E-state index contributed by atoms with van der Waals surface area (Å²) in [7, 11) is 1.75. The molecule has 0 saturated heterocycles. The Morgan fingerprint density at radius 2 is 1.75 bits per heavy atom. The van der Waals surface area contributed by atoms with Gasteiger partial charge in [-0.2, -0.15) is 0 Å². The Morgan fingerprint density at radius 1 is 1.03 bits per heavy atom. The number of amides is 1. The second-order valence-corrected chi connectivity index (χ2v) is 8.44. The molecule has 0 spiro atoms. The van der Waals surface area contributed by atoms with Crippen LogP contribution < -0.4 is 21.5 Å². The van der Waals surface area contributed by atoms with Crippen molar-refractivity contribution >= 4 is 17.7 Å². The SMILES string of the molecule is CN=C(NCCCCn1ccccc1=O)NCCc1ccc(NC(=O)OC(C)(C)C)cc1. The minimum atomic E-state index is -0.524. The first-order chi connectivity index (χ1) is 15.3. The van der Waals surface area contributed by atoms with Gasteiger partial charge in [0.15, 0.2) is 5.96 Å². The molecule has 1 amide bonds. The Balaban J connectivity index is 1.64. The third kappa shape index (κ3) is 9.68. The summed E-state index contributed by atoms with van der Waals surface area (Å²) in [6, 6.07) is 12.9. The summed E-state index contributed by atoms with van der Waals surface area (Å²) in [5, 5.41) is 9.33. The van der Waals surface area contributed by atoms with Crippen molar-refractivity contribution in [2.75, 3.05) is 25.5 Å². The van der Waals surface area contributed by atoms with E-state index in [1.165, 1.54) is 0 Å². The number of rotatable bonds is 9. The Bertz CT molecular complexity index is 930. The zero-order chi connectivity index (χ0) is 23.4. The summed E-state index contributed by atoms with van der Waals surface area (Å²) in [6.45, 7) is 7.73. The van der Waals surface area contributed by atoms with E-state index in [1.54, 1.807) is 23.7 Å². The molecule has 0 saturated carbocycles. The molecular weight excluding hydrogens is 406 g/mol. The standard InChI is InChI=1S/C24H35N5O3/c1-24(2,3)32-23(31)28-20-12-10-19(11-13-20)14-16-27-22(25-4)26-15-6-8-18-29-17-7-5-9-21(29)30/h5,7,9-13,17H,6,8,14-16,18H2,1-4H3,(H,28,31)(H2,25,26,27). The van der Waals surface area contributed by atoms with Crippen molar-refractivity contribution in [3.8, 4) is 0 Å². The van der Waals surface area contributed by atoms with Gasteiger partial charge in [0.2, 0.25) is 5.56 Å². The Morgan fingerprint density at radius 3 is 2.41 bits per heavy atom. The molecule has 0 aliphatic rings. The number of guanidine groups is 1. The van der Waals surface area contributed by atoms with Crippen LogP contribution >= 0.6 is 0 Å². The highest BCUT2D eigenvalue weighted by Crippen LogP contribution is 2.13. The van der Waals surface area contributed by atoms with E-state index in [0.717, 1.165) is 43.9 Å². The maximum absolute atomic E-state index is 11.8. The van der Waals surface area contributed by atoms with Crippen molar-refractivity contribution in [1.82, 2.24) is 15.2 Å². The number of carbonyl (C=O) groups excluding carboxylic acids is 1. The fourth-order valence-corrected chi connectivity index (χ4v) is 2.98. The quantitative estimate of drug-likeness (QED) is 0.315. The molecule has 0 radical (unpaired) electrons. The number of ether oxygens (including phenoxy) is 1. The van der Waals surface area contributed by atoms with Crippen molar-refractivity contribution in [2.45, 2.75) is 52.2 Å². The van der Waals surface area contributed by atoms with E-state index in [9.17, 15) is 9.59 Å². The van der Waals surface area contributed by atoms with Crippen LogP contribution in [0.1, 0.15) is 39.2 Å². The van der Waals surface area contributed by atoms with Crippen LogP contribution in [0.2, 0.25) is 0 Å². The number of pyridine rings is 1. The summed E-state index contributed by atoms with van der Waals surface area (Å²) in [5.74, 6) is 0.755. The van der Waals surface area contributed by atoms with Crippen LogP contribution in [-0.2, 0) is 17.7 Å². The van der Waals surface area contributed by atoms with Gasteiger partial charge < -0.3 is 19.9 Å². The number of anilines is 1. The number of unbranched alkanes of at least 4 members (excludes halogenated alkanes) is 1. The molecular formula is C24H35N5O3. The van der Waals surface area contributed by atoms with Crippen molar-refractivity contribution in [3.05, 3.63) is 64.6 Å². The number of hydrogen-bond donors (Lipinski definition) is 3. The lowest BCUT2D eigenvalue weighted by atomic mass is 10.1. The zero-order valence-corrected chi connectivity index (χ0v) is 19.5. The van der Waals surface area contributed by atoms with Gasteiger partial charge in [0.1, 0.15) is 5.60 Å². The number of nitrogens with zero attached hydrogens (tertiary/aromatic N) is 2. The number of hydrogen-bond acceptors (Lipinski definition) is 4. The molecule has 1 aromatic carbocycles. The van der Waals surface area contributed by atoms with Gasteiger partial charge in [-0.3, -0.25) is 15.1 Å². The van der Waals surface area contributed by atoms with E-state index in [2.05, 4.69) is 20.9 Å². The number of aromatic nitrogens is 1. The van der Waals surface area contributed by atoms with Gasteiger partial charge in [-0.05, 0) is 63.8 Å². The first-order valence-corrected chi connectivity index (χ1v) is 11.0. The number of carbonyl (C=O) groups is 1. The second kappa shape index (κ2) is 12.5. The summed E-state index contributed by atoms with van der Waals surface area (Å²) in [5.41, 5.74) is 1.36. The number of aryl methyl sites for hydroxylation is 1. The van der Waals surface area contributed by atoms with Gasteiger partial charge in [0.05, 0.1) is 0 Å². The number of nitrogens with one attached hydrogen (secondary N) is 3. The Labute approximate surface area is 190 Å². The zero-order valence-electron chi connectivity index (χ0n) is 19.5. The van der Waals surface area contributed by atoms with E-state index >= 15 is 0 Å². The predicted octanol–water partition coefficient (Wildman–Crippen LogP) is 3.38. The minimum absolute atomic E-state index is 0.0339. The van der Waals surface area contributed by atoms with E-state index in [0.29, 0.717) is 12.2 Å². The summed E-state index contributed by atoms with van der Waals surface area (Å²) in [4.78, 5) is 27.8. The van der Waals surface area contributed by atoms with Crippen LogP contribution in [0.4, 0.5) is 10.5 Å². The van der Waals surface area contributed by atoms with Crippen LogP contribution in [0, 0.1) is 0 Å². The molecule has 0 aliphatic carbocycles. The smallest absolute Gasteiger partial charge is 0.412 e. The fraction of sp³-hybridized carbons (Fsp3) is 0.458. The largest absolute Gasteiger partial charge is 0.444 e. The van der Waals surface area contributed by atoms with E-state index in [4.69, 9.17) is 4.74 Å². The number of benzene rings is 1. The summed E-state index contributed by atoms with van der Waals surface area (Å²) in [6.07, 6.45) is 4.03. The van der Waals surface area contributed by atoms with Crippen molar-refractivity contribution < 1.29 is 9.53 Å². The highest BCUT2D eigenvalue weighted by Gasteiger charge is 2.16. The average molecular weight is 442 g/mol. The molecule has 0 aliphatic heterocycles.